The van der Waals surface area contributed by atoms with E-state index in [4.69, 9.17) is 16.9 Å². The van der Waals surface area contributed by atoms with Crippen LogP contribution < -0.4 is 0 Å². The topological polar surface area (TPSA) is 49.6 Å². The fourth-order valence-electron chi connectivity index (χ4n) is 1.44. The lowest BCUT2D eigenvalue weighted by Crippen LogP contribution is -2.01. The smallest absolute Gasteiger partial charge is 0.127 e. The minimum absolute atomic E-state index is 0.261. The SMILES string of the molecule is Cc1cc2c(C(C#N)CCl)ncnc2s1. The molecule has 5 heteroatoms. The molecule has 1 unspecified atom stereocenters. The van der Waals surface area contributed by atoms with E-state index in [0.29, 0.717) is 0 Å². The van der Waals surface area contributed by atoms with E-state index in [0.717, 1.165) is 20.8 Å². The van der Waals surface area contributed by atoms with Crippen LogP contribution in [-0.4, -0.2) is 15.8 Å². The van der Waals surface area contributed by atoms with Crippen molar-refractivity contribution >= 4 is 33.2 Å². The largest absolute Gasteiger partial charge is 0.239 e. The molecular weight excluding hydrogens is 230 g/mol. The van der Waals surface area contributed by atoms with Crippen LogP contribution >= 0.6 is 22.9 Å². The van der Waals surface area contributed by atoms with Crippen molar-refractivity contribution in [3.05, 3.63) is 23.0 Å². The summed E-state index contributed by atoms with van der Waals surface area (Å²) >= 11 is 7.33. The second-order valence-corrected chi connectivity index (χ2v) is 4.71. The number of nitriles is 1. The molecule has 2 aromatic heterocycles. The molecule has 0 radical (unpaired) electrons. The summed E-state index contributed by atoms with van der Waals surface area (Å²) in [5.41, 5.74) is 0.738. The van der Waals surface area contributed by atoms with Crippen molar-refractivity contribution in [1.82, 2.24) is 9.97 Å². The predicted molar refractivity (Wildman–Crippen MR) is 61.2 cm³/mol. The van der Waals surface area contributed by atoms with Crippen LogP contribution in [0.3, 0.4) is 0 Å². The summed E-state index contributed by atoms with van der Waals surface area (Å²) in [6, 6.07) is 4.16. The molecule has 15 heavy (non-hydrogen) atoms. The van der Waals surface area contributed by atoms with Gasteiger partial charge in [-0.3, -0.25) is 0 Å². The number of thiophene rings is 1. The zero-order valence-electron chi connectivity index (χ0n) is 8.07. The van der Waals surface area contributed by atoms with Gasteiger partial charge in [-0.05, 0) is 13.0 Å². The molecule has 0 spiro atoms. The molecule has 0 saturated heterocycles. The van der Waals surface area contributed by atoms with Gasteiger partial charge in [0.1, 0.15) is 17.1 Å². The average Bonchev–Trinajstić information content (AvgIpc) is 2.61. The van der Waals surface area contributed by atoms with Gasteiger partial charge in [0, 0.05) is 16.1 Å². The second kappa shape index (κ2) is 4.13. The van der Waals surface area contributed by atoms with Crippen LogP contribution in [0.1, 0.15) is 16.5 Å². The maximum atomic E-state index is 8.95. The molecule has 0 saturated carbocycles. The number of aromatic nitrogens is 2. The monoisotopic (exact) mass is 237 g/mol. The summed E-state index contributed by atoms with van der Waals surface area (Å²) in [7, 11) is 0. The van der Waals surface area contributed by atoms with Crippen molar-refractivity contribution in [2.24, 2.45) is 0 Å². The van der Waals surface area contributed by atoms with Gasteiger partial charge >= 0.3 is 0 Å². The molecule has 0 aromatic carbocycles. The first-order valence-electron chi connectivity index (χ1n) is 4.43. The van der Waals surface area contributed by atoms with Gasteiger partial charge in [-0.25, -0.2) is 9.97 Å². The van der Waals surface area contributed by atoms with E-state index in [1.165, 1.54) is 6.33 Å². The fourth-order valence-corrected chi connectivity index (χ4v) is 2.51. The molecule has 0 bridgehead atoms. The van der Waals surface area contributed by atoms with Gasteiger partial charge in [0.05, 0.1) is 11.8 Å². The van der Waals surface area contributed by atoms with Crippen LogP contribution in [0.2, 0.25) is 0 Å². The standard InChI is InChI=1S/C10H8ClN3S/c1-6-2-8-9(7(3-11)4-12)13-5-14-10(8)15-6/h2,5,7H,3H2,1H3. The molecular formula is C10H8ClN3S. The maximum absolute atomic E-state index is 8.95. The van der Waals surface area contributed by atoms with Gasteiger partial charge in [-0.2, -0.15) is 5.26 Å². The van der Waals surface area contributed by atoms with E-state index >= 15 is 0 Å². The third-order valence-corrected chi connectivity index (χ3v) is 3.39. The molecule has 2 rings (SSSR count). The Labute approximate surface area is 96.3 Å². The molecule has 76 valence electrons. The number of aryl methyl sites for hydroxylation is 1. The Kier molecular flexibility index (Phi) is 2.85. The van der Waals surface area contributed by atoms with Crippen molar-refractivity contribution in [3.63, 3.8) is 0 Å². The zero-order valence-corrected chi connectivity index (χ0v) is 9.64. The summed E-state index contributed by atoms with van der Waals surface area (Å²) in [4.78, 5) is 10.4. The number of fused-ring (bicyclic) bond motifs is 1. The Balaban J connectivity index is 2.65. The lowest BCUT2D eigenvalue weighted by atomic mass is 10.1. The predicted octanol–water partition coefficient (Wildman–Crippen LogP) is 2.85. The molecule has 0 N–H and O–H groups in total. The Morgan fingerprint density at radius 3 is 3.07 bits per heavy atom. The summed E-state index contributed by atoms with van der Waals surface area (Å²) in [6.07, 6.45) is 1.49. The highest BCUT2D eigenvalue weighted by molar-refractivity contribution is 7.18. The molecule has 3 nitrogen and oxygen atoms in total. The third-order valence-electron chi connectivity index (χ3n) is 2.12. The van der Waals surface area contributed by atoms with Crippen LogP contribution in [-0.2, 0) is 0 Å². The van der Waals surface area contributed by atoms with Crippen molar-refractivity contribution < 1.29 is 0 Å². The Hall–Kier alpha value is -1.18. The number of nitrogens with zero attached hydrogens (tertiary/aromatic N) is 3. The molecule has 0 aliphatic carbocycles. The summed E-state index contributed by atoms with van der Waals surface area (Å²) < 4.78 is 0. The zero-order chi connectivity index (χ0) is 10.8. The Bertz CT molecular complexity index is 529. The minimum Gasteiger partial charge on any atom is -0.239 e. The molecule has 0 fully saturated rings. The lowest BCUT2D eigenvalue weighted by Gasteiger charge is -2.04. The van der Waals surface area contributed by atoms with Crippen molar-refractivity contribution in [3.8, 4) is 6.07 Å². The van der Waals surface area contributed by atoms with E-state index in [1.54, 1.807) is 11.3 Å². The third kappa shape index (κ3) is 1.81. The highest BCUT2D eigenvalue weighted by Gasteiger charge is 2.15. The molecule has 0 amide bonds. The van der Waals surface area contributed by atoms with Crippen LogP contribution in [0.4, 0.5) is 0 Å². The first-order chi connectivity index (χ1) is 7.26. The molecule has 0 aliphatic rings. The fraction of sp³-hybridized carbons (Fsp3) is 0.300. The second-order valence-electron chi connectivity index (χ2n) is 3.17. The van der Waals surface area contributed by atoms with Gasteiger partial charge in [0.25, 0.3) is 0 Å². The summed E-state index contributed by atoms with van der Waals surface area (Å²) in [5.74, 6) is -0.0940. The molecule has 2 aromatic rings. The van der Waals surface area contributed by atoms with E-state index in [1.807, 2.05) is 13.0 Å². The highest BCUT2D eigenvalue weighted by Crippen LogP contribution is 2.28. The van der Waals surface area contributed by atoms with Crippen molar-refractivity contribution in [2.45, 2.75) is 12.8 Å². The Morgan fingerprint density at radius 1 is 1.60 bits per heavy atom. The van der Waals surface area contributed by atoms with Crippen molar-refractivity contribution in [1.29, 1.82) is 5.26 Å². The van der Waals surface area contributed by atoms with Gasteiger partial charge in [-0.15, -0.1) is 22.9 Å². The van der Waals surface area contributed by atoms with Gasteiger partial charge < -0.3 is 0 Å². The summed E-state index contributed by atoms with van der Waals surface area (Å²) in [5, 5.41) is 9.91. The quantitative estimate of drug-likeness (QED) is 0.755. The first-order valence-corrected chi connectivity index (χ1v) is 5.78. The van der Waals surface area contributed by atoms with Gasteiger partial charge in [0.2, 0.25) is 0 Å². The number of hydrogen-bond acceptors (Lipinski definition) is 4. The Morgan fingerprint density at radius 2 is 2.40 bits per heavy atom. The maximum Gasteiger partial charge on any atom is 0.127 e. The molecule has 1 atom stereocenters. The number of hydrogen-bond donors (Lipinski definition) is 0. The van der Waals surface area contributed by atoms with Crippen LogP contribution in [0, 0.1) is 18.3 Å². The van der Waals surface area contributed by atoms with E-state index in [2.05, 4.69) is 16.0 Å². The molecule has 2 heterocycles. The first kappa shape index (κ1) is 10.3. The molecule has 0 aliphatic heterocycles. The van der Waals surface area contributed by atoms with E-state index in [-0.39, 0.29) is 11.8 Å². The van der Waals surface area contributed by atoms with Crippen molar-refractivity contribution in [2.75, 3.05) is 5.88 Å². The van der Waals surface area contributed by atoms with Crippen LogP contribution in [0.25, 0.3) is 10.2 Å². The average molecular weight is 238 g/mol. The lowest BCUT2D eigenvalue weighted by molar-refractivity contribution is 0.932. The van der Waals surface area contributed by atoms with E-state index < -0.39 is 0 Å². The minimum atomic E-state index is -0.355. The number of alkyl halides is 1. The summed E-state index contributed by atoms with van der Waals surface area (Å²) in [6.45, 7) is 2.01. The highest BCUT2D eigenvalue weighted by atomic mass is 35.5. The van der Waals surface area contributed by atoms with E-state index in [9.17, 15) is 0 Å². The number of halogens is 1. The van der Waals surface area contributed by atoms with Gasteiger partial charge in [-0.1, -0.05) is 0 Å². The van der Waals surface area contributed by atoms with Gasteiger partial charge in [0.15, 0.2) is 0 Å². The normalized spacial score (nSPS) is 12.6. The number of rotatable bonds is 2. The van der Waals surface area contributed by atoms with Crippen LogP contribution in [0.5, 0.6) is 0 Å². The van der Waals surface area contributed by atoms with Crippen LogP contribution in [0.15, 0.2) is 12.4 Å².